The third-order valence-corrected chi connectivity index (χ3v) is 2.30. The molecule has 4 heteroatoms. The number of hydrogen-bond donors (Lipinski definition) is 1. The van der Waals surface area contributed by atoms with Crippen molar-refractivity contribution in [3.05, 3.63) is 29.0 Å². The van der Waals surface area contributed by atoms with Crippen molar-refractivity contribution in [2.75, 3.05) is 0 Å². The van der Waals surface area contributed by atoms with Gasteiger partial charge in [-0.3, -0.25) is 0 Å². The van der Waals surface area contributed by atoms with Crippen molar-refractivity contribution in [2.45, 2.75) is 6.42 Å². The SMILES string of the molecule is N#CCc1ccc2[nH]cnc2c1Cl. The Kier molecular flexibility index (Phi) is 1.91. The van der Waals surface area contributed by atoms with E-state index in [0.29, 0.717) is 11.4 Å². The van der Waals surface area contributed by atoms with E-state index in [1.807, 2.05) is 12.1 Å². The highest BCUT2D eigenvalue weighted by Gasteiger charge is 2.06. The highest BCUT2D eigenvalue weighted by molar-refractivity contribution is 6.35. The molecule has 13 heavy (non-hydrogen) atoms. The van der Waals surface area contributed by atoms with E-state index >= 15 is 0 Å². The fourth-order valence-electron chi connectivity index (χ4n) is 1.24. The summed E-state index contributed by atoms with van der Waals surface area (Å²) in [5.41, 5.74) is 2.45. The molecule has 1 heterocycles. The predicted octanol–water partition coefficient (Wildman–Crippen LogP) is 2.28. The van der Waals surface area contributed by atoms with Crippen LogP contribution in [0.25, 0.3) is 11.0 Å². The van der Waals surface area contributed by atoms with Crippen molar-refractivity contribution in [3.8, 4) is 6.07 Å². The molecule has 3 nitrogen and oxygen atoms in total. The second-order valence-corrected chi connectivity index (χ2v) is 3.05. The lowest BCUT2D eigenvalue weighted by atomic mass is 10.1. The van der Waals surface area contributed by atoms with Gasteiger partial charge in [-0.2, -0.15) is 5.26 Å². The number of imidazole rings is 1. The van der Waals surface area contributed by atoms with Gasteiger partial charge in [0.2, 0.25) is 0 Å². The van der Waals surface area contributed by atoms with Crippen molar-refractivity contribution < 1.29 is 0 Å². The normalized spacial score (nSPS) is 10.2. The molecular weight excluding hydrogens is 186 g/mol. The van der Waals surface area contributed by atoms with Gasteiger partial charge in [-0.1, -0.05) is 17.7 Å². The zero-order valence-electron chi connectivity index (χ0n) is 6.71. The first-order valence-electron chi connectivity index (χ1n) is 3.80. The first-order chi connectivity index (χ1) is 6.33. The Morgan fingerprint density at radius 1 is 1.54 bits per heavy atom. The van der Waals surface area contributed by atoms with Crippen LogP contribution in [0.15, 0.2) is 18.5 Å². The minimum Gasteiger partial charge on any atom is -0.345 e. The monoisotopic (exact) mass is 191 g/mol. The van der Waals surface area contributed by atoms with Crippen LogP contribution in [0.5, 0.6) is 0 Å². The van der Waals surface area contributed by atoms with E-state index in [4.69, 9.17) is 16.9 Å². The van der Waals surface area contributed by atoms with Gasteiger partial charge in [0, 0.05) is 0 Å². The topological polar surface area (TPSA) is 52.5 Å². The van der Waals surface area contributed by atoms with Gasteiger partial charge in [-0.05, 0) is 11.6 Å². The van der Waals surface area contributed by atoms with Crippen LogP contribution >= 0.6 is 11.6 Å². The Bertz CT molecular complexity index is 481. The van der Waals surface area contributed by atoms with Crippen LogP contribution in [0.3, 0.4) is 0 Å². The Labute approximate surface area is 80.0 Å². The fourth-order valence-corrected chi connectivity index (χ4v) is 1.52. The third kappa shape index (κ3) is 1.25. The molecule has 1 N–H and O–H groups in total. The van der Waals surface area contributed by atoms with Gasteiger partial charge in [0.25, 0.3) is 0 Å². The second-order valence-electron chi connectivity index (χ2n) is 2.67. The lowest BCUT2D eigenvalue weighted by molar-refractivity contribution is 1.27. The average molecular weight is 192 g/mol. The number of benzene rings is 1. The molecule has 64 valence electrons. The van der Waals surface area contributed by atoms with Crippen molar-refractivity contribution >= 4 is 22.6 Å². The van der Waals surface area contributed by atoms with E-state index in [1.165, 1.54) is 0 Å². The number of hydrogen-bond acceptors (Lipinski definition) is 2. The number of nitrogens with one attached hydrogen (secondary N) is 1. The summed E-state index contributed by atoms with van der Waals surface area (Å²) in [6.07, 6.45) is 1.91. The van der Waals surface area contributed by atoms with E-state index in [1.54, 1.807) is 6.33 Å². The summed E-state index contributed by atoms with van der Waals surface area (Å²) in [4.78, 5) is 7.02. The molecule has 2 aromatic rings. The largest absolute Gasteiger partial charge is 0.345 e. The molecule has 1 aromatic carbocycles. The summed E-state index contributed by atoms with van der Waals surface area (Å²) in [6, 6.07) is 5.77. The van der Waals surface area contributed by atoms with E-state index in [-0.39, 0.29) is 0 Å². The Balaban J connectivity index is 2.67. The number of aromatic amines is 1. The summed E-state index contributed by atoms with van der Waals surface area (Å²) < 4.78 is 0. The van der Waals surface area contributed by atoms with E-state index < -0.39 is 0 Å². The van der Waals surface area contributed by atoms with Crippen LogP contribution in [0.4, 0.5) is 0 Å². The molecule has 1 aromatic heterocycles. The Hall–Kier alpha value is -1.53. The molecule has 0 bridgehead atoms. The zero-order valence-corrected chi connectivity index (χ0v) is 7.47. The fraction of sp³-hybridized carbons (Fsp3) is 0.111. The number of H-pyrrole nitrogens is 1. The smallest absolute Gasteiger partial charge is 0.107 e. The third-order valence-electron chi connectivity index (χ3n) is 1.88. The van der Waals surface area contributed by atoms with Gasteiger partial charge in [-0.15, -0.1) is 0 Å². The number of fused-ring (bicyclic) bond motifs is 1. The van der Waals surface area contributed by atoms with Gasteiger partial charge < -0.3 is 4.98 Å². The van der Waals surface area contributed by atoms with Gasteiger partial charge in [0.1, 0.15) is 5.52 Å². The predicted molar refractivity (Wildman–Crippen MR) is 50.4 cm³/mol. The summed E-state index contributed by atoms with van der Waals surface area (Å²) >= 11 is 6.03. The Morgan fingerprint density at radius 3 is 3.15 bits per heavy atom. The van der Waals surface area contributed by atoms with Crippen LogP contribution in [0.2, 0.25) is 5.02 Å². The number of nitriles is 1. The molecule has 2 rings (SSSR count). The van der Waals surface area contributed by atoms with Crippen molar-refractivity contribution in [1.29, 1.82) is 5.26 Å². The standard InChI is InChI=1S/C9H6ClN3/c10-8-6(3-4-11)1-2-7-9(8)13-5-12-7/h1-2,5H,3H2,(H,12,13). The van der Waals surface area contributed by atoms with Gasteiger partial charge in [-0.25, -0.2) is 4.98 Å². The van der Waals surface area contributed by atoms with E-state index in [2.05, 4.69) is 16.0 Å². The van der Waals surface area contributed by atoms with E-state index in [9.17, 15) is 0 Å². The number of halogens is 1. The molecule has 0 atom stereocenters. The van der Waals surface area contributed by atoms with Crippen molar-refractivity contribution in [2.24, 2.45) is 0 Å². The molecule has 0 aliphatic heterocycles. The zero-order chi connectivity index (χ0) is 9.26. The lowest BCUT2D eigenvalue weighted by Gasteiger charge is -1.98. The molecule has 0 saturated carbocycles. The molecule has 0 fully saturated rings. The van der Waals surface area contributed by atoms with Crippen molar-refractivity contribution in [1.82, 2.24) is 9.97 Å². The lowest BCUT2D eigenvalue weighted by Crippen LogP contribution is -1.84. The highest BCUT2D eigenvalue weighted by Crippen LogP contribution is 2.24. The van der Waals surface area contributed by atoms with Crippen LogP contribution in [-0.2, 0) is 6.42 Å². The van der Waals surface area contributed by atoms with Crippen molar-refractivity contribution in [3.63, 3.8) is 0 Å². The molecule has 0 aliphatic rings. The summed E-state index contributed by atoms with van der Waals surface area (Å²) in [7, 11) is 0. The molecule has 0 aliphatic carbocycles. The molecule has 0 saturated heterocycles. The first kappa shape index (κ1) is 8.09. The molecular formula is C9H6ClN3. The van der Waals surface area contributed by atoms with Gasteiger partial charge >= 0.3 is 0 Å². The van der Waals surface area contributed by atoms with Crippen LogP contribution in [0, 0.1) is 11.3 Å². The quantitative estimate of drug-likeness (QED) is 0.752. The van der Waals surface area contributed by atoms with Gasteiger partial charge in [0.15, 0.2) is 0 Å². The first-order valence-corrected chi connectivity index (χ1v) is 4.18. The molecule has 0 radical (unpaired) electrons. The van der Waals surface area contributed by atoms with Crippen LogP contribution in [0.1, 0.15) is 5.56 Å². The molecule has 0 amide bonds. The minimum atomic E-state index is 0.321. The molecule has 0 unspecified atom stereocenters. The summed E-state index contributed by atoms with van der Waals surface area (Å²) in [5.74, 6) is 0. The highest BCUT2D eigenvalue weighted by atomic mass is 35.5. The second kappa shape index (κ2) is 3.08. The van der Waals surface area contributed by atoms with E-state index in [0.717, 1.165) is 16.6 Å². The maximum Gasteiger partial charge on any atom is 0.107 e. The maximum atomic E-state index is 8.53. The number of rotatable bonds is 1. The minimum absolute atomic E-state index is 0.321. The number of aromatic nitrogens is 2. The average Bonchev–Trinajstić information content (AvgIpc) is 2.58. The number of nitrogens with zero attached hydrogens (tertiary/aromatic N) is 2. The Morgan fingerprint density at radius 2 is 2.38 bits per heavy atom. The summed E-state index contributed by atoms with van der Waals surface area (Å²) in [6.45, 7) is 0. The van der Waals surface area contributed by atoms with Gasteiger partial charge in [0.05, 0.1) is 29.4 Å². The molecule has 0 spiro atoms. The summed E-state index contributed by atoms with van der Waals surface area (Å²) in [5, 5.41) is 9.10. The van der Waals surface area contributed by atoms with Crippen LogP contribution < -0.4 is 0 Å². The van der Waals surface area contributed by atoms with Crippen LogP contribution in [-0.4, -0.2) is 9.97 Å². The maximum absolute atomic E-state index is 8.53.